The maximum atomic E-state index is 12.4. The van der Waals surface area contributed by atoms with Crippen molar-refractivity contribution in [2.45, 2.75) is 20.0 Å². The highest BCUT2D eigenvalue weighted by Crippen LogP contribution is 2.28. The van der Waals surface area contributed by atoms with E-state index in [2.05, 4.69) is 15.5 Å². The fourth-order valence-corrected chi connectivity index (χ4v) is 3.39. The monoisotopic (exact) mass is 346 g/mol. The Bertz CT molecular complexity index is 761. The lowest BCUT2D eigenvalue weighted by Crippen LogP contribution is -2.28. The van der Waals surface area contributed by atoms with E-state index in [-0.39, 0.29) is 18.2 Å². The number of anilines is 2. The molecule has 1 N–H and O–H groups in total. The molecular weight excluding hydrogens is 328 g/mol. The van der Waals surface area contributed by atoms with Crippen LogP contribution in [-0.2, 0) is 20.9 Å². The molecule has 1 aromatic carbocycles. The number of benzene rings is 1. The van der Waals surface area contributed by atoms with Crippen LogP contribution in [0.2, 0.25) is 0 Å². The zero-order valence-electron chi connectivity index (χ0n) is 13.5. The van der Waals surface area contributed by atoms with Gasteiger partial charge in [-0.15, -0.1) is 10.2 Å². The molecule has 1 aliphatic rings. The molecular formula is C16H18N4O3S. The standard InChI is InChI=1S/C16H18N4O3S/c1-10-5-3-4-6-12(10)20-8-11(7-14(20)21)15(22)17-16-19-18-13(24-16)9-23-2/h3-6,11H,7-9H2,1-2H3,(H,17,19,22)/t11-/m1/s1. The molecule has 0 unspecified atom stereocenters. The zero-order valence-corrected chi connectivity index (χ0v) is 14.3. The van der Waals surface area contributed by atoms with E-state index in [0.717, 1.165) is 11.3 Å². The summed E-state index contributed by atoms with van der Waals surface area (Å²) in [6, 6.07) is 7.67. The number of aryl methyl sites for hydroxylation is 1. The Morgan fingerprint density at radius 3 is 2.96 bits per heavy atom. The number of rotatable bonds is 5. The van der Waals surface area contributed by atoms with E-state index < -0.39 is 5.92 Å². The summed E-state index contributed by atoms with van der Waals surface area (Å²) >= 11 is 1.27. The number of methoxy groups -OCH3 is 1. The molecule has 2 amide bonds. The first-order valence-corrected chi connectivity index (χ1v) is 8.38. The van der Waals surface area contributed by atoms with Crippen LogP contribution in [0.3, 0.4) is 0 Å². The molecule has 3 rings (SSSR count). The first-order valence-electron chi connectivity index (χ1n) is 7.56. The van der Waals surface area contributed by atoms with Gasteiger partial charge in [-0.05, 0) is 18.6 Å². The van der Waals surface area contributed by atoms with Crippen molar-refractivity contribution < 1.29 is 14.3 Å². The van der Waals surface area contributed by atoms with Crippen molar-refractivity contribution >= 4 is 34.0 Å². The van der Waals surface area contributed by atoms with Crippen molar-refractivity contribution in [3.63, 3.8) is 0 Å². The fourth-order valence-electron chi connectivity index (χ4n) is 2.68. The average Bonchev–Trinajstić information content (AvgIpc) is 3.15. The molecule has 0 bridgehead atoms. The van der Waals surface area contributed by atoms with Gasteiger partial charge in [-0.1, -0.05) is 29.5 Å². The van der Waals surface area contributed by atoms with Crippen LogP contribution in [0.1, 0.15) is 17.0 Å². The highest BCUT2D eigenvalue weighted by molar-refractivity contribution is 7.15. The maximum Gasteiger partial charge on any atom is 0.231 e. The summed E-state index contributed by atoms with van der Waals surface area (Å²) in [5.74, 6) is -0.645. The topological polar surface area (TPSA) is 84.4 Å². The van der Waals surface area contributed by atoms with Gasteiger partial charge in [0.05, 0.1) is 5.92 Å². The molecule has 2 heterocycles. The zero-order chi connectivity index (χ0) is 17.1. The molecule has 7 nitrogen and oxygen atoms in total. The molecule has 8 heteroatoms. The lowest BCUT2D eigenvalue weighted by atomic mass is 10.1. The number of carbonyl (C=O) groups excluding carboxylic acids is 2. The van der Waals surface area contributed by atoms with E-state index in [1.807, 2.05) is 31.2 Å². The van der Waals surface area contributed by atoms with Crippen molar-refractivity contribution in [2.75, 3.05) is 23.9 Å². The first kappa shape index (κ1) is 16.5. The van der Waals surface area contributed by atoms with Crippen molar-refractivity contribution in [3.05, 3.63) is 34.8 Å². The third-order valence-corrected chi connectivity index (χ3v) is 4.68. The highest BCUT2D eigenvalue weighted by Gasteiger charge is 2.35. The van der Waals surface area contributed by atoms with E-state index in [1.54, 1.807) is 12.0 Å². The lowest BCUT2D eigenvalue weighted by Gasteiger charge is -2.18. The minimum atomic E-state index is -0.396. The van der Waals surface area contributed by atoms with Gasteiger partial charge in [0.25, 0.3) is 0 Å². The first-order chi connectivity index (χ1) is 11.6. The highest BCUT2D eigenvalue weighted by atomic mass is 32.1. The average molecular weight is 346 g/mol. The van der Waals surface area contributed by atoms with Crippen molar-refractivity contribution in [3.8, 4) is 0 Å². The normalized spacial score (nSPS) is 17.3. The Balaban J connectivity index is 1.66. The summed E-state index contributed by atoms with van der Waals surface area (Å²) in [6.07, 6.45) is 0.198. The Kier molecular flexibility index (Phi) is 4.86. The Morgan fingerprint density at radius 2 is 2.21 bits per heavy atom. The number of para-hydroxylation sites is 1. The molecule has 1 fully saturated rings. The molecule has 0 aliphatic carbocycles. The summed E-state index contributed by atoms with van der Waals surface area (Å²) in [5, 5.41) is 11.7. The number of aromatic nitrogens is 2. The van der Waals surface area contributed by atoms with Crippen molar-refractivity contribution in [1.82, 2.24) is 10.2 Å². The predicted octanol–water partition coefficient (Wildman–Crippen LogP) is 1.98. The minimum absolute atomic E-state index is 0.0400. The van der Waals surface area contributed by atoms with Crippen LogP contribution in [0.15, 0.2) is 24.3 Å². The second-order valence-electron chi connectivity index (χ2n) is 5.62. The van der Waals surface area contributed by atoms with E-state index >= 15 is 0 Å². The summed E-state index contributed by atoms with van der Waals surface area (Å²) < 4.78 is 4.98. The van der Waals surface area contributed by atoms with Crippen LogP contribution in [-0.4, -0.2) is 35.7 Å². The number of hydrogen-bond donors (Lipinski definition) is 1. The Hall–Kier alpha value is -2.32. The second kappa shape index (κ2) is 7.06. The van der Waals surface area contributed by atoms with Crippen LogP contribution in [0.25, 0.3) is 0 Å². The van der Waals surface area contributed by atoms with Crippen LogP contribution in [0.4, 0.5) is 10.8 Å². The van der Waals surface area contributed by atoms with E-state index in [1.165, 1.54) is 11.3 Å². The Labute approximate surface area is 143 Å². The van der Waals surface area contributed by atoms with Gasteiger partial charge in [0.2, 0.25) is 16.9 Å². The number of hydrogen-bond acceptors (Lipinski definition) is 6. The minimum Gasteiger partial charge on any atom is -0.377 e. The van der Waals surface area contributed by atoms with Crippen molar-refractivity contribution in [2.24, 2.45) is 5.92 Å². The molecule has 24 heavy (non-hydrogen) atoms. The Morgan fingerprint density at radius 1 is 1.42 bits per heavy atom. The summed E-state index contributed by atoms with van der Waals surface area (Å²) in [5.41, 5.74) is 1.87. The quantitative estimate of drug-likeness (QED) is 0.895. The maximum absolute atomic E-state index is 12.4. The molecule has 2 aromatic rings. The summed E-state index contributed by atoms with van der Waals surface area (Å²) in [4.78, 5) is 26.4. The number of nitrogens with zero attached hydrogens (tertiary/aromatic N) is 3. The lowest BCUT2D eigenvalue weighted by molar-refractivity contribution is -0.122. The van der Waals surface area contributed by atoms with Gasteiger partial charge in [-0.25, -0.2) is 0 Å². The van der Waals surface area contributed by atoms with E-state index in [9.17, 15) is 9.59 Å². The molecule has 1 aliphatic heterocycles. The van der Waals surface area contributed by atoms with Gasteiger partial charge >= 0.3 is 0 Å². The molecule has 1 atom stereocenters. The number of amides is 2. The van der Waals surface area contributed by atoms with Gasteiger partial charge in [0.15, 0.2) is 0 Å². The van der Waals surface area contributed by atoms with Crippen molar-refractivity contribution in [1.29, 1.82) is 0 Å². The van der Waals surface area contributed by atoms with Gasteiger partial charge in [0.1, 0.15) is 11.6 Å². The summed E-state index contributed by atoms with van der Waals surface area (Å²) in [6.45, 7) is 2.68. The molecule has 0 saturated carbocycles. The number of ether oxygens (including phenoxy) is 1. The predicted molar refractivity (Wildman–Crippen MR) is 90.9 cm³/mol. The molecule has 0 spiro atoms. The molecule has 126 valence electrons. The van der Waals surface area contributed by atoms with E-state index in [0.29, 0.717) is 23.3 Å². The van der Waals surface area contributed by atoms with Crippen LogP contribution >= 0.6 is 11.3 Å². The number of nitrogens with one attached hydrogen (secondary N) is 1. The second-order valence-corrected chi connectivity index (χ2v) is 6.68. The third-order valence-electron chi connectivity index (χ3n) is 3.87. The van der Waals surface area contributed by atoms with Crippen LogP contribution < -0.4 is 10.2 Å². The van der Waals surface area contributed by atoms with Gasteiger partial charge in [-0.3, -0.25) is 9.59 Å². The van der Waals surface area contributed by atoms with E-state index in [4.69, 9.17) is 4.74 Å². The molecule has 1 aromatic heterocycles. The van der Waals surface area contributed by atoms with Gasteiger partial charge in [0, 0.05) is 25.8 Å². The largest absolute Gasteiger partial charge is 0.377 e. The fraction of sp³-hybridized carbons (Fsp3) is 0.375. The van der Waals surface area contributed by atoms with Crippen LogP contribution in [0, 0.1) is 12.8 Å². The summed E-state index contributed by atoms with van der Waals surface area (Å²) in [7, 11) is 1.57. The molecule has 1 saturated heterocycles. The van der Waals surface area contributed by atoms with Gasteiger partial charge < -0.3 is 15.0 Å². The van der Waals surface area contributed by atoms with Gasteiger partial charge in [-0.2, -0.15) is 0 Å². The molecule has 0 radical (unpaired) electrons. The SMILES string of the molecule is COCc1nnc(NC(=O)[C@@H]2CC(=O)N(c3ccccc3C)C2)s1. The number of carbonyl (C=O) groups is 2. The smallest absolute Gasteiger partial charge is 0.231 e. The van der Waals surface area contributed by atoms with Crippen LogP contribution in [0.5, 0.6) is 0 Å². The third kappa shape index (κ3) is 3.44.